The Morgan fingerprint density at radius 2 is 2.04 bits per heavy atom. The van der Waals surface area contributed by atoms with Gasteiger partial charge in [0.2, 0.25) is 0 Å². The van der Waals surface area contributed by atoms with Gasteiger partial charge in [0.25, 0.3) is 0 Å². The van der Waals surface area contributed by atoms with E-state index < -0.39 is 0 Å². The summed E-state index contributed by atoms with van der Waals surface area (Å²) in [5, 5.41) is 0. The molecule has 0 saturated carbocycles. The lowest BCUT2D eigenvalue weighted by Gasteiger charge is -2.31. The minimum atomic E-state index is -0.240. The van der Waals surface area contributed by atoms with Gasteiger partial charge >= 0.3 is 6.09 Å². The lowest BCUT2D eigenvalue weighted by atomic mass is 10.0. The number of halogens is 1. The Labute approximate surface area is 164 Å². The van der Waals surface area contributed by atoms with E-state index in [1.165, 1.54) is 25.8 Å². The minimum absolute atomic E-state index is 0. The van der Waals surface area contributed by atoms with Crippen LogP contribution in [0.25, 0.3) is 0 Å². The predicted molar refractivity (Wildman–Crippen MR) is 99.1 cm³/mol. The molecule has 0 bridgehead atoms. The normalized spacial score (nSPS) is 20.6. The lowest BCUT2D eigenvalue weighted by molar-refractivity contribution is -0.928. The fraction of sp³-hybridized carbons (Fsp3) is 0.650. The summed E-state index contributed by atoms with van der Waals surface area (Å²) in [6.07, 6.45) is 3.64. The molecule has 1 amide bonds. The molecule has 1 aliphatic heterocycles. The highest BCUT2D eigenvalue weighted by molar-refractivity contribution is 5.67. The molecule has 148 valence electrons. The van der Waals surface area contributed by atoms with Crippen LogP contribution in [-0.4, -0.2) is 55.9 Å². The molecule has 1 heterocycles. The number of likely N-dealkylation sites (N-methyl/N-ethyl adjacent to an activating group) is 1. The third kappa shape index (κ3) is 7.04. The Balaban J connectivity index is 0.00000338. The summed E-state index contributed by atoms with van der Waals surface area (Å²) in [6, 6.07) is 10.3. The van der Waals surface area contributed by atoms with E-state index in [-0.39, 0.29) is 24.5 Å². The van der Waals surface area contributed by atoms with Gasteiger partial charge in [-0.25, -0.2) is 4.79 Å². The molecule has 3 unspecified atom stereocenters. The van der Waals surface area contributed by atoms with E-state index in [9.17, 15) is 4.79 Å². The second-order valence-electron chi connectivity index (χ2n) is 6.93. The number of nitrogens with one attached hydrogen (secondary N) is 1. The molecule has 1 N–H and O–H groups in total. The van der Waals surface area contributed by atoms with Crippen molar-refractivity contribution in [2.24, 2.45) is 0 Å². The number of ether oxygens (including phenoxy) is 2. The first-order valence-electron chi connectivity index (χ1n) is 9.57. The maximum Gasteiger partial charge on any atom is 0.410 e. The van der Waals surface area contributed by atoms with Crippen LogP contribution < -0.4 is 22.0 Å². The van der Waals surface area contributed by atoms with Crippen molar-refractivity contribution in [2.75, 3.05) is 32.8 Å². The molecule has 0 aromatic heterocycles. The molecule has 5 nitrogen and oxygen atoms in total. The summed E-state index contributed by atoms with van der Waals surface area (Å²) < 4.78 is 11.3. The average Bonchev–Trinajstić information content (AvgIpc) is 2.63. The number of para-hydroxylation sites is 1. The molecule has 26 heavy (non-hydrogen) atoms. The number of benzene rings is 1. The SMILES string of the molecule is CCN(C(=O)OCC[NH+]1CCCCC1C)C(C)COc1ccccc1.[Cl-]. The highest BCUT2D eigenvalue weighted by Crippen LogP contribution is 2.10. The van der Waals surface area contributed by atoms with Crippen molar-refractivity contribution in [3.8, 4) is 5.75 Å². The Kier molecular flexibility index (Phi) is 10.4. The third-order valence-electron chi connectivity index (χ3n) is 5.07. The van der Waals surface area contributed by atoms with Crippen LogP contribution in [0, 0.1) is 0 Å². The standard InChI is InChI=1S/C20H32N2O3.ClH/c1-4-22(18(3)16-25-19-11-6-5-7-12-19)20(23)24-15-14-21-13-9-8-10-17(21)2;/h5-7,11-12,17-18H,4,8-10,13-16H2,1-3H3;1H. The van der Waals surface area contributed by atoms with Crippen LogP contribution in [0.5, 0.6) is 5.75 Å². The Bertz CT molecular complexity index is 515. The van der Waals surface area contributed by atoms with Crippen molar-refractivity contribution in [3.63, 3.8) is 0 Å². The molecule has 0 spiro atoms. The summed E-state index contributed by atoms with van der Waals surface area (Å²) in [7, 11) is 0. The first-order valence-corrected chi connectivity index (χ1v) is 9.57. The summed E-state index contributed by atoms with van der Waals surface area (Å²) >= 11 is 0. The van der Waals surface area contributed by atoms with Gasteiger partial charge in [-0.3, -0.25) is 0 Å². The molecule has 1 fully saturated rings. The molecule has 1 aromatic rings. The van der Waals surface area contributed by atoms with Gasteiger partial charge in [-0.15, -0.1) is 0 Å². The van der Waals surface area contributed by atoms with E-state index in [0.717, 1.165) is 12.3 Å². The van der Waals surface area contributed by atoms with Crippen molar-refractivity contribution in [1.82, 2.24) is 4.90 Å². The van der Waals surface area contributed by atoms with Crippen LogP contribution in [0.2, 0.25) is 0 Å². The zero-order chi connectivity index (χ0) is 18.1. The first-order chi connectivity index (χ1) is 12.1. The van der Waals surface area contributed by atoms with E-state index >= 15 is 0 Å². The number of carbonyl (C=O) groups excluding carboxylic acids is 1. The molecule has 1 aromatic carbocycles. The van der Waals surface area contributed by atoms with Gasteiger partial charge < -0.3 is 31.7 Å². The maximum absolute atomic E-state index is 12.4. The highest BCUT2D eigenvalue weighted by atomic mass is 35.5. The number of amides is 1. The molecule has 1 aliphatic rings. The highest BCUT2D eigenvalue weighted by Gasteiger charge is 2.24. The quantitative estimate of drug-likeness (QED) is 0.649. The zero-order valence-corrected chi connectivity index (χ0v) is 17.0. The van der Waals surface area contributed by atoms with E-state index in [0.29, 0.717) is 25.8 Å². The van der Waals surface area contributed by atoms with Crippen molar-refractivity contribution in [1.29, 1.82) is 0 Å². The van der Waals surface area contributed by atoms with Crippen LogP contribution in [0.3, 0.4) is 0 Å². The second kappa shape index (κ2) is 12.0. The minimum Gasteiger partial charge on any atom is -1.00 e. The van der Waals surface area contributed by atoms with Crippen LogP contribution in [-0.2, 0) is 4.74 Å². The van der Waals surface area contributed by atoms with Gasteiger partial charge in [0.1, 0.15) is 25.5 Å². The number of carbonyl (C=O) groups is 1. The van der Waals surface area contributed by atoms with Gasteiger partial charge in [0.15, 0.2) is 0 Å². The number of hydrogen-bond acceptors (Lipinski definition) is 3. The van der Waals surface area contributed by atoms with Crippen LogP contribution in [0.1, 0.15) is 40.0 Å². The van der Waals surface area contributed by atoms with Crippen molar-refractivity contribution >= 4 is 6.09 Å². The number of likely N-dealkylation sites (tertiary alicyclic amines) is 1. The van der Waals surface area contributed by atoms with Gasteiger partial charge in [-0.1, -0.05) is 18.2 Å². The van der Waals surface area contributed by atoms with Gasteiger partial charge in [-0.05, 0) is 52.2 Å². The van der Waals surface area contributed by atoms with Gasteiger partial charge in [0, 0.05) is 6.54 Å². The molecule has 0 radical (unpaired) electrons. The van der Waals surface area contributed by atoms with E-state index in [2.05, 4.69) is 6.92 Å². The summed E-state index contributed by atoms with van der Waals surface area (Å²) in [4.78, 5) is 15.7. The number of piperidine rings is 1. The average molecular weight is 385 g/mol. The fourth-order valence-electron chi connectivity index (χ4n) is 3.42. The smallest absolute Gasteiger partial charge is 0.410 e. The fourth-order valence-corrected chi connectivity index (χ4v) is 3.42. The topological polar surface area (TPSA) is 43.2 Å². The predicted octanol–water partition coefficient (Wildman–Crippen LogP) is -0.626. The van der Waals surface area contributed by atoms with Crippen LogP contribution in [0.4, 0.5) is 4.79 Å². The van der Waals surface area contributed by atoms with Crippen molar-refractivity contribution < 1.29 is 31.6 Å². The third-order valence-corrected chi connectivity index (χ3v) is 5.07. The number of nitrogens with zero attached hydrogens (tertiary/aromatic N) is 1. The van der Waals surface area contributed by atoms with Crippen LogP contribution in [0.15, 0.2) is 30.3 Å². The van der Waals surface area contributed by atoms with Crippen molar-refractivity contribution in [3.05, 3.63) is 30.3 Å². The van der Waals surface area contributed by atoms with Gasteiger partial charge in [0.05, 0.1) is 18.6 Å². The maximum atomic E-state index is 12.4. The largest absolute Gasteiger partial charge is 1.00 e. The lowest BCUT2D eigenvalue weighted by Crippen LogP contribution is -3.16. The molecule has 2 rings (SSSR count). The van der Waals surface area contributed by atoms with E-state index in [1.807, 2.05) is 44.2 Å². The molecular formula is C20H33ClN2O3. The molecule has 0 aliphatic carbocycles. The van der Waals surface area contributed by atoms with Crippen LogP contribution >= 0.6 is 0 Å². The molecule has 3 atom stereocenters. The summed E-state index contributed by atoms with van der Waals surface area (Å²) in [6.45, 7) is 9.91. The van der Waals surface area contributed by atoms with E-state index in [1.54, 1.807) is 9.80 Å². The first kappa shape index (κ1) is 22.6. The summed E-state index contributed by atoms with van der Waals surface area (Å²) in [5.74, 6) is 0.821. The Morgan fingerprint density at radius 1 is 1.31 bits per heavy atom. The van der Waals surface area contributed by atoms with Crippen molar-refractivity contribution in [2.45, 2.75) is 52.1 Å². The monoisotopic (exact) mass is 384 g/mol. The number of hydrogen-bond donors (Lipinski definition) is 1. The molecule has 6 heteroatoms. The number of rotatable bonds is 8. The van der Waals surface area contributed by atoms with Gasteiger partial charge in [-0.2, -0.15) is 0 Å². The number of quaternary nitrogens is 1. The zero-order valence-electron chi connectivity index (χ0n) is 16.2. The second-order valence-corrected chi connectivity index (χ2v) is 6.93. The Morgan fingerprint density at radius 3 is 2.69 bits per heavy atom. The Hall–Kier alpha value is -1.46. The summed E-state index contributed by atoms with van der Waals surface area (Å²) in [5.41, 5.74) is 0. The van der Waals surface area contributed by atoms with E-state index in [4.69, 9.17) is 9.47 Å². The molecule has 1 saturated heterocycles. The molecular weight excluding hydrogens is 352 g/mol.